The molecular formula is C23H32N2O4. The van der Waals surface area contributed by atoms with E-state index in [2.05, 4.69) is 22.3 Å². The molecule has 0 radical (unpaired) electrons. The first-order valence-corrected chi connectivity index (χ1v) is 10.2. The minimum Gasteiger partial charge on any atom is -0.497 e. The van der Waals surface area contributed by atoms with Gasteiger partial charge in [-0.05, 0) is 36.8 Å². The zero-order valence-corrected chi connectivity index (χ0v) is 17.3. The van der Waals surface area contributed by atoms with Crippen molar-refractivity contribution in [3.05, 3.63) is 59.7 Å². The molecule has 158 valence electrons. The van der Waals surface area contributed by atoms with Crippen LogP contribution in [0.4, 0.5) is 0 Å². The fraction of sp³-hybridized carbons (Fsp3) is 0.478. The molecular weight excluding hydrogens is 368 g/mol. The largest absolute Gasteiger partial charge is 0.497 e. The van der Waals surface area contributed by atoms with Crippen LogP contribution >= 0.6 is 0 Å². The minimum absolute atomic E-state index is 0.218. The molecule has 6 heteroatoms. The molecule has 0 unspecified atom stereocenters. The highest BCUT2D eigenvalue weighted by atomic mass is 16.5. The SMILES string of the molecule is COc1ccc([C@@H](CNC[C@@H](O)COc2ccc(C)cc2)N2CCOCC2)cc1. The smallest absolute Gasteiger partial charge is 0.119 e. The molecule has 6 nitrogen and oxygen atoms in total. The van der Waals surface area contributed by atoms with Gasteiger partial charge in [-0.2, -0.15) is 0 Å². The van der Waals surface area contributed by atoms with Gasteiger partial charge in [-0.15, -0.1) is 0 Å². The van der Waals surface area contributed by atoms with Gasteiger partial charge >= 0.3 is 0 Å². The van der Waals surface area contributed by atoms with Crippen molar-refractivity contribution >= 4 is 0 Å². The summed E-state index contributed by atoms with van der Waals surface area (Å²) >= 11 is 0. The number of nitrogens with zero attached hydrogens (tertiary/aromatic N) is 1. The Bertz CT molecular complexity index is 715. The third-order valence-electron chi connectivity index (χ3n) is 5.17. The van der Waals surface area contributed by atoms with Crippen molar-refractivity contribution in [2.45, 2.75) is 19.1 Å². The molecule has 2 aromatic rings. The molecule has 0 aromatic heterocycles. The van der Waals surface area contributed by atoms with E-state index in [1.54, 1.807) is 7.11 Å². The average molecular weight is 401 g/mol. The number of ether oxygens (including phenoxy) is 3. The molecule has 1 saturated heterocycles. The lowest BCUT2D eigenvalue weighted by Crippen LogP contribution is -2.44. The molecule has 1 aliphatic heterocycles. The maximum absolute atomic E-state index is 10.3. The molecule has 3 rings (SSSR count). The van der Waals surface area contributed by atoms with Crippen LogP contribution in [-0.4, -0.2) is 69.2 Å². The summed E-state index contributed by atoms with van der Waals surface area (Å²) in [5.41, 5.74) is 2.41. The van der Waals surface area contributed by atoms with Crippen molar-refractivity contribution in [3.63, 3.8) is 0 Å². The van der Waals surface area contributed by atoms with Gasteiger partial charge in [0.15, 0.2) is 0 Å². The Morgan fingerprint density at radius 3 is 2.31 bits per heavy atom. The highest BCUT2D eigenvalue weighted by molar-refractivity contribution is 5.29. The number of hydrogen-bond acceptors (Lipinski definition) is 6. The third kappa shape index (κ3) is 6.72. The number of aliphatic hydroxyl groups excluding tert-OH is 1. The Hall–Kier alpha value is -2.12. The van der Waals surface area contributed by atoms with Crippen LogP contribution in [0.1, 0.15) is 17.2 Å². The maximum Gasteiger partial charge on any atom is 0.119 e. The van der Waals surface area contributed by atoms with Gasteiger partial charge in [0, 0.05) is 32.2 Å². The van der Waals surface area contributed by atoms with E-state index >= 15 is 0 Å². The van der Waals surface area contributed by atoms with Gasteiger partial charge < -0.3 is 24.6 Å². The Labute approximate surface area is 173 Å². The lowest BCUT2D eigenvalue weighted by molar-refractivity contribution is 0.0151. The van der Waals surface area contributed by atoms with Crippen LogP contribution in [0.15, 0.2) is 48.5 Å². The number of rotatable bonds is 10. The van der Waals surface area contributed by atoms with E-state index in [0.717, 1.165) is 44.3 Å². The predicted octanol–water partition coefficient (Wildman–Crippen LogP) is 2.41. The van der Waals surface area contributed by atoms with E-state index in [1.807, 2.05) is 43.3 Å². The Morgan fingerprint density at radius 2 is 1.66 bits per heavy atom. The summed E-state index contributed by atoms with van der Waals surface area (Å²) < 4.78 is 16.5. The van der Waals surface area contributed by atoms with Gasteiger partial charge in [-0.1, -0.05) is 29.8 Å². The molecule has 1 aliphatic rings. The first-order chi connectivity index (χ1) is 14.2. The molecule has 29 heavy (non-hydrogen) atoms. The normalized spacial score (nSPS) is 16.9. The second-order valence-corrected chi connectivity index (χ2v) is 7.37. The average Bonchev–Trinajstić information content (AvgIpc) is 2.77. The van der Waals surface area contributed by atoms with Crippen molar-refractivity contribution in [3.8, 4) is 11.5 Å². The molecule has 0 saturated carbocycles. The lowest BCUT2D eigenvalue weighted by Gasteiger charge is -2.35. The quantitative estimate of drug-likeness (QED) is 0.639. The summed E-state index contributed by atoms with van der Waals surface area (Å²) in [6.07, 6.45) is -0.572. The number of benzene rings is 2. The van der Waals surface area contributed by atoms with Gasteiger partial charge in [-0.25, -0.2) is 0 Å². The number of aliphatic hydroxyl groups is 1. The second kappa shape index (κ2) is 11.2. The standard InChI is InChI=1S/C23H32N2O4/c1-18-3-7-22(8-4-18)29-17-20(26)15-24-16-23(25-11-13-28-14-12-25)19-5-9-21(27-2)10-6-19/h3-10,20,23-24,26H,11-17H2,1-2H3/t20-,23-/m1/s1. The van der Waals surface area contributed by atoms with Gasteiger partial charge in [0.2, 0.25) is 0 Å². The van der Waals surface area contributed by atoms with Gasteiger partial charge in [-0.3, -0.25) is 4.90 Å². The van der Waals surface area contributed by atoms with Crippen LogP contribution in [0, 0.1) is 6.92 Å². The van der Waals surface area contributed by atoms with Crippen LogP contribution in [0.3, 0.4) is 0 Å². The highest BCUT2D eigenvalue weighted by Crippen LogP contribution is 2.23. The molecule has 0 spiro atoms. The Morgan fingerprint density at radius 1 is 1.00 bits per heavy atom. The summed E-state index contributed by atoms with van der Waals surface area (Å²) in [6, 6.07) is 16.3. The molecule has 0 amide bonds. The van der Waals surface area contributed by atoms with E-state index < -0.39 is 6.10 Å². The van der Waals surface area contributed by atoms with Crippen molar-refractivity contribution in [1.82, 2.24) is 10.2 Å². The van der Waals surface area contributed by atoms with Crippen LogP contribution < -0.4 is 14.8 Å². The van der Waals surface area contributed by atoms with Crippen LogP contribution in [-0.2, 0) is 4.74 Å². The Kier molecular flexibility index (Phi) is 8.31. The molecule has 1 heterocycles. The number of methoxy groups -OCH3 is 1. The van der Waals surface area contributed by atoms with E-state index in [0.29, 0.717) is 6.54 Å². The topological polar surface area (TPSA) is 63.2 Å². The first-order valence-electron chi connectivity index (χ1n) is 10.2. The number of hydrogen-bond donors (Lipinski definition) is 2. The highest BCUT2D eigenvalue weighted by Gasteiger charge is 2.22. The molecule has 0 aliphatic carbocycles. The van der Waals surface area contributed by atoms with E-state index in [9.17, 15) is 5.11 Å². The zero-order chi connectivity index (χ0) is 20.5. The Balaban J connectivity index is 1.51. The zero-order valence-electron chi connectivity index (χ0n) is 17.3. The number of aryl methyl sites for hydroxylation is 1. The van der Waals surface area contributed by atoms with Gasteiger partial charge in [0.05, 0.1) is 20.3 Å². The molecule has 2 aromatic carbocycles. The van der Waals surface area contributed by atoms with Gasteiger partial charge in [0.1, 0.15) is 24.2 Å². The maximum atomic E-state index is 10.3. The summed E-state index contributed by atoms with van der Waals surface area (Å²) in [5, 5.41) is 13.7. The lowest BCUT2D eigenvalue weighted by atomic mass is 10.0. The fourth-order valence-corrected chi connectivity index (χ4v) is 3.45. The van der Waals surface area contributed by atoms with Gasteiger partial charge in [0.25, 0.3) is 0 Å². The molecule has 1 fully saturated rings. The number of nitrogens with one attached hydrogen (secondary N) is 1. The third-order valence-corrected chi connectivity index (χ3v) is 5.17. The summed E-state index contributed by atoms with van der Waals surface area (Å²) in [6.45, 7) is 6.82. The monoisotopic (exact) mass is 400 g/mol. The van der Waals surface area contributed by atoms with Crippen LogP contribution in [0.25, 0.3) is 0 Å². The van der Waals surface area contributed by atoms with Crippen LogP contribution in [0.2, 0.25) is 0 Å². The van der Waals surface area contributed by atoms with E-state index in [4.69, 9.17) is 14.2 Å². The van der Waals surface area contributed by atoms with Crippen LogP contribution in [0.5, 0.6) is 11.5 Å². The van der Waals surface area contributed by atoms with Crippen molar-refractivity contribution in [2.24, 2.45) is 0 Å². The van der Waals surface area contributed by atoms with E-state index in [1.165, 1.54) is 11.1 Å². The van der Waals surface area contributed by atoms with E-state index in [-0.39, 0.29) is 12.6 Å². The first kappa shape index (κ1) is 21.6. The molecule has 2 N–H and O–H groups in total. The molecule has 0 bridgehead atoms. The summed E-state index contributed by atoms with van der Waals surface area (Å²) in [4.78, 5) is 2.42. The van der Waals surface area contributed by atoms with Crippen molar-refractivity contribution < 1.29 is 19.3 Å². The number of morpholine rings is 1. The van der Waals surface area contributed by atoms with Crippen molar-refractivity contribution in [2.75, 3.05) is 53.1 Å². The minimum atomic E-state index is -0.572. The predicted molar refractivity (Wildman–Crippen MR) is 114 cm³/mol. The second-order valence-electron chi connectivity index (χ2n) is 7.37. The van der Waals surface area contributed by atoms with Crippen molar-refractivity contribution in [1.29, 1.82) is 0 Å². The fourth-order valence-electron chi connectivity index (χ4n) is 3.45. The summed E-state index contributed by atoms with van der Waals surface area (Å²) in [7, 11) is 1.68. The molecule has 2 atom stereocenters. The summed E-state index contributed by atoms with van der Waals surface area (Å²) in [5.74, 6) is 1.63.